The van der Waals surface area contributed by atoms with Crippen LogP contribution >= 0.6 is 11.6 Å². The summed E-state index contributed by atoms with van der Waals surface area (Å²) < 4.78 is 19.0. The number of ether oxygens (including phenoxy) is 1. The molecule has 5 nitrogen and oxygen atoms in total. The molecule has 2 amide bonds. The van der Waals surface area contributed by atoms with Gasteiger partial charge in [0.05, 0.1) is 22.8 Å². The molecule has 7 heteroatoms. The molecule has 28 heavy (non-hydrogen) atoms. The summed E-state index contributed by atoms with van der Waals surface area (Å²) >= 11 is 5.96. The van der Waals surface area contributed by atoms with Gasteiger partial charge in [-0.3, -0.25) is 9.59 Å². The van der Waals surface area contributed by atoms with E-state index in [4.69, 9.17) is 16.3 Å². The van der Waals surface area contributed by atoms with E-state index in [2.05, 4.69) is 5.32 Å². The van der Waals surface area contributed by atoms with Crippen molar-refractivity contribution in [2.24, 2.45) is 0 Å². The zero-order valence-corrected chi connectivity index (χ0v) is 16.0. The van der Waals surface area contributed by atoms with E-state index in [-0.39, 0.29) is 22.5 Å². The number of halogens is 2. The standard InChI is InChI=1S/C21H20ClFN2O3/c22-18-11-13(23)4-6-16(18)20(26)24-14-5-7-19-17(12-14)21(27)25-9-2-1-3-15(25)8-10-28-19/h4-7,11-12,15H,1-3,8-10H2,(H,24,26)/t15-/m0/s1. The minimum Gasteiger partial charge on any atom is -0.493 e. The zero-order chi connectivity index (χ0) is 19.7. The normalized spacial score (nSPS) is 19.0. The Bertz CT molecular complexity index is 934. The van der Waals surface area contributed by atoms with Crippen molar-refractivity contribution >= 4 is 29.1 Å². The Kier molecular flexibility index (Phi) is 5.22. The van der Waals surface area contributed by atoms with Gasteiger partial charge in [-0.05, 0) is 55.7 Å². The summed E-state index contributed by atoms with van der Waals surface area (Å²) in [4.78, 5) is 27.5. The molecule has 2 aromatic carbocycles. The molecule has 0 saturated carbocycles. The second-order valence-electron chi connectivity index (χ2n) is 7.07. The van der Waals surface area contributed by atoms with E-state index >= 15 is 0 Å². The number of anilines is 1. The van der Waals surface area contributed by atoms with E-state index in [1.807, 2.05) is 4.90 Å². The SMILES string of the molecule is O=C(Nc1ccc2c(c1)C(=O)N1CCCC[C@H]1CCO2)c1ccc(F)cc1Cl. The average Bonchev–Trinajstić information content (AvgIpc) is 2.67. The average molecular weight is 403 g/mol. The highest BCUT2D eigenvalue weighted by molar-refractivity contribution is 6.34. The molecule has 2 heterocycles. The van der Waals surface area contributed by atoms with Crippen LogP contribution in [0.3, 0.4) is 0 Å². The lowest BCUT2D eigenvalue weighted by atomic mass is 9.97. The van der Waals surface area contributed by atoms with Gasteiger partial charge in [-0.1, -0.05) is 11.6 Å². The predicted octanol–water partition coefficient (Wildman–Crippen LogP) is 4.51. The number of hydrogen-bond acceptors (Lipinski definition) is 3. The fourth-order valence-electron chi connectivity index (χ4n) is 3.80. The van der Waals surface area contributed by atoms with Crippen LogP contribution in [-0.4, -0.2) is 35.9 Å². The third kappa shape index (κ3) is 3.69. The Balaban J connectivity index is 1.60. The number of piperidine rings is 1. The van der Waals surface area contributed by atoms with Gasteiger partial charge >= 0.3 is 0 Å². The number of benzene rings is 2. The Morgan fingerprint density at radius 1 is 1.18 bits per heavy atom. The summed E-state index contributed by atoms with van der Waals surface area (Å²) in [6, 6.07) is 8.79. The highest BCUT2D eigenvalue weighted by Gasteiger charge is 2.31. The van der Waals surface area contributed by atoms with Gasteiger partial charge in [0, 0.05) is 24.7 Å². The maximum Gasteiger partial charge on any atom is 0.257 e. The molecule has 0 aromatic heterocycles. The molecule has 1 fully saturated rings. The van der Waals surface area contributed by atoms with Crippen LogP contribution in [0.4, 0.5) is 10.1 Å². The summed E-state index contributed by atoms with van der Waals surface area (Å²) in [6.07, 6.45) is 3.93. The van der Waals surface area contributed by atoms with Crippen molar-refractivity contribution in [2.75, 3.05) is 18.5 Å². The highest BCUT2D eigenvalue weighted by Crippen LogP contribution is 2.31. The lowest BCUT2D eigenvalue weighted by molar-refractivity contribution is 0.0548. The van der Waals surface area contributed by atoms with Crippen molar-refractivity contribution in [3.8, 4) is 5.75 Å². The quantitative estimate of drug-likeness (QED) is 0.804. The van der Waals surface area contributed by atoms with E-state index in [1.54, 1.807) is 18.2 Å². The van der Waals surface area contributed by atoms with Crippen LogP contribution in [0.2, 0.25) is 5.02 Å². The molecular weight excluding hydrogens is 383 g/mol. The van der Waals surface area contributed by atoms with Crippen molar-refractivity contribution in [1.82, 2.24) is 4.90 Å². The smallest absolute Gasteiger partial charge is 0.257 e. The fraction of sp³-hybridized carbons (Fsp3) is 0.333. The van der Waals surface area contributed by atoms with Crippen LogP contribution in [0, 0.1) is 5.82 Å². The molecule has 2 aliphatic rings. The molecule has 0 bridgehead atoms. The third-order valence-electron chi connectivity index (χ3n) is 5.24. The number of nitrogens with zero attached hydrogens (tertiary/aromatic N) is 1. The first-order valence-electron chi connectivity index (χ1n) is 9.37. The lowest BCUT2D eigenvalue weighted by Crippen LogP contribution is -2.45. The van der Waals surface area contributed by atoms with Gasteiger partial charge in [-0.2, -0.15) is 0 Å². The summed E-state index contributed by atoms with van der Waals surface area (Å²) in [6.45, 7) is 1.29. The molecule has 1 atom stereocenters. The van der Waals surface area contributed by atoms with Gasteiger partial charge in [-0.15, -0.1) is 0 Å². The first kappa shape index (κ1) is 18.7. The Morgan fingerprint density at radius 2 is 2.04 bits per heavy atom. The lowest BCUT2D eigenvalue weighted by Gasteiger charge is -2.37. The maximum absolute atomic E-state index is 13.2. The van der Waals surface area contributed by atoms with E-state index in [1.165, 1.54) is 12.1 Å². The fourth-order valence-corrected chi connectivity index (χ4v) is 4.05. The van der Waals surface area contributed by atoms with Crippen molar-refractivity contribution in [3.05, 3.63) is 58.4 Å². The highest BCUT2D eigenvalue weighted by atomic mass is 35.5. The van der Waals surface area contributed by atoms with Crippen molar-refractivity contribution < 1.29 is 18.7 Å². The molecule has 4 rings (SSSR count). The first-order chi connectivity index (χ1) is 13.5. The maximum atomic E-state index is 13.2. The molecule has 146 valence electrons. The number of rotatable bonds is 2. The number of carbonyl (C=O) groups is 2. The van der Waals surface area contributed by atoms with Crippen LogP contribution in [0.1, 0.15) is 46.4 Å². The van der Waals surface area contributed by atoms with E-state index in [9.17, 15) is 14.0 Å². The minimum absolute atomic E-state index is 0.0271. The van der Waals surface area contributed by atoms with Gasteiger partial charge in [0.1, 0.15) is 11.6 Å². The van der Waals surface area contributed by atoms with Gasteiger partial charge in [0.15, 0.2) is 0 Å². The molecule has 0 spiro atoms. The van der Waals surface area contributed by atoms with E-state index in [0.29, 0.717) is 23.6 Å². The summed E-state index contributed by atoms with van der Waals surface area (Å²) in [7, 11) is 0. The second-order valence-corrected chi connectivity index (χ2v) is 7.48. The molecular formula is C21H20ClFN2O3. The van der Waals surface area contributed by atoms with Crippen LogP contribution in [0.25, 0.3) is 0 Å². The van der Waals surface area contributed by atoms with Gasteiger partial charge in [0.25, 0.3) is 11.8 Å². The van der Waals surface area contributed by atoms with Crippen LogP contribution in [0.5, 0.6) is 5.75 Å². The van der Waals surface area contributed by atoms with Crippen molar-refractivity contribution in [3.63, 3.8) is 0 Å². The molecule has 2 aliphatic heterocycles. The van der Waals surface area contributed by atoms with Crippen molar-refractivity contribution in [1.29, 1.82) is 0 Å². The van der Waals surface area contributed by atoms with Crippen LogP contribution in [-0.2, 0) is 0 Å². The Labute approximate surface area is 167 Å². The number of nitrogens with one attached hydrogen (secondary N) is 1. The number of carbonyl (C=O) groups excluding carboxylic acids is 2. The van der Waals surface area contributed by atoms with Crippen LogP contribution in [0.15, 0.2) is 36.4 Å². The number of hydrogen-bond donors (Lipinski definition) is 1. The van der Waals surface area contributed by atoms with Gasteiger partial charge in [-0.25, -0.2) is 4.39 Å². The largest absolute Gasteiger partial charge is 0.493 e. The molecule has 2 aromatic rings. The molecule has 0 aliphatic carbocycles. The Morgan fingerprint density at radius 3 is 2.86 bits per heavy atom. The number of amides is 2. The molecule has 1 N–H and O–H groups in total. The second kappa shape index (κ2) is 7.80. The topological polar surface area (TPSA) is 58.6 Å². The monoisotopic (exact) mass is 402 g/mol. The predicted molar refractivity (Wildman–Crippen MR) is 105 cm³/mol. The summed E-state index contributed by atoms with van der Waals surface area (Å²) in [5.41, 5.74) is 1.05. The minimum atomic E-state index is -0.513. The van der Waals surface area contributed by atoms with Gasteiger partial charge < -0.3 is 15.0 Å². The van der Waals surface area contributed by atoms with E-state index < -0.39 is 11.7 Å². The molecule has 1 saturated heterocycles. The molecule has 0 unspecified atom stereocenters. The number of fused-ring (bicyclic) bond motifs is 2. The first-order valence-corrected chi connectivity index (χ1v) is 9.75. The third-order valence-corrected chi connectivity index (χ3v) is 5.55. The van der Waals surface area contributed by atoms with Gasteiger partial charge in [0.2, 0.25) is 0 Å². The Hall–Kier alpha value is -2.60. The van der Waals surface area contributed by atoms with Crippen molar-refractivity contribution in [2.45, 2.75) is 31.7 Å². The molecule has 0 radical (unpaired) electrons. The summed E-state index contributed by atoms with van der Waals surface area (Å²) in [5.74, 6) is -0.538. The van der Waals surface area contributed by atoms with E-state index in [0.717, 1.165) is 38.3 Å². The zero-order valence-electron chi connectivity index (χ0n) is 15.2. The summed E-state index contributed by atoms with van der Waals surface area (Å²) in [5, 5.41) is 2.75. The van der Waals surface area contributed by atoms with Crippen LogP contribution < -0.4 is 10.1 Å².